The second-order valence-electron chi connectivity index (χ2n) is 5.29. The summed E-state index contributed by atoms with van der Waals surface area (Å²) >= 11 is 1.75. The summed E-state index contributed by atoms with van der Waals surface area (Å²) in [6.45, 7) is 6.34. The average molecular weight is 258 g/mol. The molecule has 1 heterocycles. The van der Waals surface area contributed by atoms with Crippen molar-refractivity contribution >= 4 is 17.7 Å². The number of thioether (sulfide) groups is 1. The van der Waals surface area contributed by atoms with Crippen LogP contribution in [0.15, 0.2) is 0 Å². The molecule has 4 heteroatoms. The molecule has 0 saturated carbocycles. The van der Waals surface area contributed by atoms with Crippen molar-refractivity contribution in [3.05, 3.63) is 0 Å². The minimum absolute atomic E-state index is 0.154. The fourth-order valence-corrected chi connectivity index (χ4v) is 2.88. The number of likely N-dealkylation sites (tertiary alicyclic amines) is 1. The molecule has 1 amide bonds. The molecule has 2 N–H and O–H groups in total. The molecule has 0 aromatic rings. The molecular formula is C13H26N2OS. The van der Waals surface area contributed by atoms with Gasteiger partial charge in [0.2, 0.25) is 5.91 Å². The van der Waals surface area contributed by atoms with Crippen LogP contribution in [-0.2, 0) is 4.79 Å². The average Bonchev–Trinajstić information content (AvgIpc) is 2.35. The highest BCUT2D eigenvalue weighted by molar-refractivity contribution is 7.98. The van der Waals surface area contributed by atoms with Crippen molar-refractivity contribution in [3.8, 4) is 0 Å². The summed E-state index contributed by atoms with van der Waals surface area (Å²) in [5.74, 6) is 2.63. The monoisotopic (exact) mass is 258 g/mol. The molecule has 1 rings (SSSR count). The first kappa shape index (κ1) is 14.8. The summed E-state index contributed by atoms with van der Waals surface area (Å²) in [5, 5.41) is 0. The van der Waals surface area contributed by atoms with Gasteiger partial charge in [0.05, 0.1) is 6.04 Å². The molecule has 0 aliphatic carbocycles. The van der Waals surface area contributed by atoms with Crippen LogP contribution in [0, 0.1) is 11.8 Å². The van der Waals surface area contributed by atoms with E-state index in [4.69, 9.17) is 5.73 Å². The van der Waals surface area contributed by atoms with Gasteiger partial charge in [-0.15, -0.1) is 0 Å². The van der Waals surface area contributed by atoms with Crippen LogP contribution in [0.4, 0.5) is 0 Å². The fourth-order valence-electron chi connectivity index (χ4n) is 2.39. The highest BCUT2D eigenvalue weighted by Crippen LogP contribution is 2.24. The number of amides is 1. The van der Waals surface area contributed by atoms with Gasteiger partial charge in [-0.2, -0.15) is 11.8 Å². The van der Waals surface area contributed by atoms with E-state index < -0.39 is 0 Å². The zero-order valence-corrected chi connectivity index (χ0v) is 12.1. The maximum Gasteiger partial charge on any atom is 0.239 e. The second-order valence-corrected chi connectivity index (χ2v) is 6.28. The van der Waals surface area contributed by atoms with Crippen molar-refractivity contribution in [2.24, 2.45) is 17.6 Å². The summed E-state index contributed by atoms with van der Waals surface area (Å²) in [6, 6.07) is -0.293. The van der Waals surface area contributed by atoms with Crippen LogP contribution in [0.2, 0.25) is 0 Å². The Morgan fingerprint density at radius 2 is 2.00 bits per heavy atom. The van der Waals surface area contributed by atoms with Gasteiger partial charge in [0.25, 0.3) is 0 Å². The Kier molecular flexibility index (Phi) is 6.34. The van der Waals surface area contributed by atoms with E-state index >= 15 is 0 Å². The lowest BCUT2D eigenvalue weighted by Gasteiger charge is -2.35. The maximum absolute atomic E-state index is 12.1. The third-order valence-corrected chi connectivity index (χ3v) is 4.39. The number of nitrogens with zero attached hydrogens (tertiary/aromatic N) is 1. The third-order valence-electron chi connectivity index (χ3n) is 3.74. The van der Waals surface area contributed by atoms with Gasteiger partial charge in [0, 0.05) is 13.1 Å². The molecule has 0 unspecified atom stereocenters. The van der Waals surface area contributed by atoms with Crippen molar-refractivity contribution in [2.75, 3.05) is 25.1 Å². The van der Waals surface area contributed by atoms with Crippen LogP contribution in [0.25, 0.3) is 0 Å². The van der Waals surface area contributed by atoms with E-state index in [1.807, 2.05) is 11.2 Å². The lowest BCUT2D eigenvalue weighted by molar-refractivity contribution is -0.134. The van der Waals surface area contributed by atoms with Gasteiger partial charge in [-0.05, 0) is 43.1 Å². The summed E-state index contributed by atoms with van der Waals surface area (Å²) in [7, 11) is 0. The highest BCUT2D eigenvalue weighted by atomic mass is 32.2. The van der Waals surface area contributed by atoms with Gasteiger partial charge >= 0.3 is 0 Å². The Labute approximate surface area is 109 Å². The fraction of sp³-hybridized carbons (Fsp3) is 0.923. The topological polar surface area (TPSA) is 46.3 Å². The molecule has 0 aromatic heterocycles. The predicted octanol–water partition coefficient (Wildman–Crippen LogP) is 1.96. The number of hydrogen-bond acceptors (Lipinski definition) is 3. The molecule has 0 spiro atoms. The molecule has 0 bridgehead atoms. The number of rotatable bonds is 5. The zero-order valence-electron chi connectivity index (χ0n) is 11.3. The van der Waals surface area contributed by atoms with Crippen LogP contribution in [0.3, 0.4) is 0 Å². The summed E-state index contributed by atoms with van der Waals surface area (Å²) in [5.41, 5.74) is 5.92. The zero-order chi connectivity index (χ0) is 12.8. The Balaban J connectivity index is 2.35. The molecule has 1 fully saturated rings. The highest BCUT2D eigenvalue weighted by Gasteiger charge is 2.27. The van der Waals surface area contributed by atoms with E-state index in [9.17, 15) is 4.79 Å². The van der Waals surface area contributed by atoms with Gasteiger partial charge in [-0.25, -0.2) is 0 Å². The first-order valence-electron chi connectivity index (χ1n) is 6.59. The van der Waals surface area contributed by atoms with Gasteiger partial charge in [-0.3, -0.25) is 4.79 Å². The largest absolute Gasteiger partial charge is 0.341 e. The van der Waals surface area contributed by atoms with Gasteiger partial charge in [0.15, 0.2) is 0 Å². The molecule has 1 atom stereocenters. The van der Waals surface area contributed by atoms with Crippen molar-refractivity contribution in [2.45, 2.75) is 39.2 Å². The van der Waals surface area contributed by atoms with E-state index in [1.165, 1.54) is 0 Å². The van der Waals surface area contributed by atoms with Gasteiger partial charge in [0.1, 0.15) is 0 Å². The smallest absolute Gasteiger partial charge is 0.239 e. The summed E-state index contributed by atoms with van der Waals surface area (Å²) < 4.78 is 0. The van der Waals surface area contributed by atoms with Gasteiger partial charge in [-0.1, -0.05) is 13.8 Å². The van der Waals surface area contributed by atoms with Crippen molar-refractivity contribution in [1.29, 1.82) is 0 Å². The third kappa shape index (κ3) is 4.51. The maximum atomic E-state index is 12.1. The lowest BCUT2D eigenvalue weighted by atomic mass is 9.86. The molecular weight excluding hydrogens is 232 g/mol. The predicted molar refractivity (Wildman–Crippen MR) is 75.1 cm³/mol. The SMILES string of the molecule is CSCC[C@H](N)C(=O)N1CCC(C(C)C)CC1. The Morgan fingerprint density at radius 3 is 2.47 bits per heavy atom. The van der Waals surface area contributed by atoms with Crippen molar-refractivity contribution < 1.29 is 4.79 Å². The van der Waals surface area contributed by atoms with Crippen LogP contribution >= 0.6 is 11.8 Å². The molecule has 1 saturated heterocycles. The molecule has 100 valence electrons. The number of nitrogens with two attached hydrogens (primary N) is 1. The lowest BCUT2D eigenvalue weighted by Crippen LogP contribution is -2.47. The normalized spacial score (nSPS) is 19.7. The van der Waals surface area contributed by atoms with E-state index in [-0.39, 0.29) is 11.9 Å². The van der Waals surface area contributed by atoms with E-state index in [0.29, 0.717) is 0 Å². The van der Waals surface area contributed by atoms with E-state index in [1.54, 1.807) is 11.8 Å². The minimum Gasteiger partial charge on any atom is -0.341 e. The number of hydrogen-bond donors (Lipinski definition) is 1. The molecule has 0 aromatic carbocycles. The molecule has 3 nitrogen and oxygen atoms in total. The van der Waals surface area contributed by atoms with Crippen LogP contribution in [0.1, 0.15) is 33.1 Å². The van der Waals surface area contributed by atoms with Crippen LogP contribution in [-0.4, -0.2) is 41.9 Å². The minimum atomic E-state index is -0.293. The molecule has 1 aliphatic heterocycles. The van der Waals surface area contributed by atoms with E-state index in [2.05, 4.69) is 13.8 Å². The number of carbonyl (C=O) groups is 1. The summed E-state index contributed by atoms with van der Waals surface area (Å²) in [4.78, 5) is 14.0. The number of carbonyl (C=O) groups excluding carboxylic acids is 1. The Hall–Kier alpha value is -0.220. The van der Waals surface area contributed by atoms with E-state index in [0.717, 1.165) is 49.9 Å². The quantitative estimate of drug-likeness (QED) is 0.820. The molecule has 1 aliphatic rings. The Morgan fingerprint density at radius 1 is 1.41 bits per heavy atom. The standard InChI is InChI=1S/C13H26N2OS/c1-10(2)11-4-7-15(8-5-11)13(16)12(14)6-9-17-3/h10-12H,4-9,14H2,1-3H3/t12-/m0/s1. The second kappa shape index (κ2) is 7.27. The Bertz CT molecular complexity index is 238. The van der Waals surface area contributed by atoms with Crippen LogP contribution in [0.5, 0.6) is 0 Å². The van der Waals surface area contributed by atoms with Crippen molar-refractivity contribution in [1.82, 2.24) is 4.90 Å². The summed E-state index contributed by atoms with van der Waals surface area (Å²) in [6.07, 6.45) is 5.12. The van der Waals surface area contributed by atoms with Crippen LogP contribution < -0.4 is 5.73 Å². The van der Waals surface area contributed by atoms with Crippen molar-refractivity contribution in [3.63, 3.8) is 0 Å². The first-order chi connectivity index (χ1) is 8.06. The number of piperidine rings is 1. The molecule has 17 heavy (non-hydrogen) atoms. The first-order valence-corrected chi connectivity index (χ1v) is 7.99. The molecule has 0 radical (unpaired) electrons. The van der Waals surface area contributed by atoms with Gasteiger partial charge < -0.3 is 10.6 Å².